The first kappa shape index (κ1) is 15.6. The summed E-state index contributed by atoms with van der Waals surface area (Å²) in [6, 6.07) is 0. The molecule has 2 saturated carbocycles. The van der Waals surface area contributed by atoms with Gasteiger partial charge in [-0.3, -0.25) is 4.79 Å². The van der Waals surface area contributed by atoms with E-state index in [0.29, 0.717) is 23.7 Å². The van der Waals surface area contributed by atoms with Crippen LogP contribution in [0.25, 0.3) is 0 Å². The Hall–Kier alpha value is -0.890. The molecule has 2 nitrogen and oxygen atoms in total. The van der Waals surface area contributed by atoms with E-state index in [-0.39, 0.29) is 0 Å². The van der Waals surface area contributed by atoms with Gasteiger partial charge in [0.15, 0.2) is 0 Å². The molecule has 23 heavy (non-hydrogen) atoms. The Labute approximate surface area is 140 Å². The molecule has 0 spiro atoms. The van der Waals surface area contributed by atoms with Crippen LogP contribution in [-0.2, 0) is 9.53 Å². The van der Waals surface area contributed by atoms with E-state index in [4.69, 9.17) is 4.74 Å². The molecule has 7 atom stereocenters. The maximum absolute atomic E-state index is 12.0. The van der Waals surface area contributed by atoms with Crippen LogP contribution in [0.1, 0.15) is 52.4 Å². The van der Waals surface area contributed by atoms with Gasteiger partial charge in [0.1, 0.15) is 5.78 Å². The average molecular weight is 314 g/mol. The van der Waals surface area contributed by atoms with E-state index >= 15 is 0 Å². The summed E-state index contributed by atoms with van der Waals surface area (Å²) in [6.07, 6.45) is 12.7. The third kappa shape index (κ3) is 2.45. The van der Waals surface area contributed by atoms with Crippen LogP contribution in [0.2, 0.25) is 0 Å². The Kier molecular flexibility index (Phi) is 3.99. The van der Waals surface area contributed by atoms with E-state index < -0.39 is 0 Å². The first-order chi connectivity index (χ1) is 11.1. The molecule has 4 aliphatic carbocycles. The number of methoxy groups -OCH3 is 1. The molecule has 6 unspecified atom stereocenters. The van der Waals surface area contributed by atoms with Gasteiger partial charge >= 0.3 is 0 Å². The van der Waals surface area contributed by atoms with E-state index in [9.17, 15) is 4.79 Å². The van der Waals surface area contributed by atoms with Gasteiger partial charge in [0.2, 0.25) is 0 Å². The smallest absolute Gasteiger partial charge is 0.133 e. The van der Waals surface area contributed by atoms with Crippen molar-refractivity contribution in [2.45, 2.75) is 58.5 Å². The largest absolute Gasteiger partial charge is 0.377 e. The van der Waals surface area contributed by atoms with Gasteiger partial charge < -0.3 is 4.74 Å². The van der Waals surface area contributed by atoms with Crippen LogP contribution in [0.4, 0.5) is 0 Å². The number of carbonyl (C=O) groups is 1. The Bertz CT molecular complexity index is 558. The van der Waals surface area contributed by atoms with Crippen LogP contribution in [0, 0.1) is 35.5 Å². The first-order valence-electron chi connectivity index (χ1n) is 9.54. The topological polar surface area (TPSA) is 26.3 Å². The number of hydrogen-bond donors (Lipinski definition) is 0. The number of ether oxygens (including phenoxy) is 1. The van der Waals surface area contributed by atoms with Crippen LogP contribution in [-0.4, -0.2) is 19.0 Å². The van der Waals surface area contributed by atoms with Gasteiger partial charge in [-0.25, -0.2) is 0 Å². The summed E-state index contributed by atoms with van der Waals surface area (Å²) in [5.41, 5.74) is 3.06. The Morgan fingerprint density at radius 1 is 1.00 bits per heavy atom. The van der Waals surface area contributed by atoms with Crippen molar-refractivity contribution in [3.63, 3.8) is 0 Å². The summed E-state index contributed by atoms with van der Waals surface area (Å²) in [4.78, 5) is 12.0. The van der Waals surface area contributed by atoms with Crippen LogP contribution in [0.5, 0.6) is 0 Å². The molecule has 0 saturated heterocycles. The van der Waals surface area contributed by atoms with Crippen molar-refractivity contribution in [2.75, 3.05) is 7.11 Å². The van der Waals surface area contributed by atoms with Crippen LogP contribution < -0.4 is 0 Å². The summed E-state index contributed by atoms with van der Waals surface area (Å²) >= 11 is 0. The highest BCUT2D eigenvalue weighted by Gasteiger charge is 2.50. The molecule has 0 amide bonds. The molecule has 0 aliphatic heterocycles. The van der Waals surface area contributed by atoms with Gasteiger partial charge in [-0.1, -0.05) is 17.7 Å². The fraction of sp³-hybridized carbons (Fsp3) is 0.762. The maximum atomic E-state index is 12.0. The molecule has 2 fully saturated rings. The van der Waals surface area contributed by atoms with Crippen molar-refractivity contribution in [3.8, 4) is 0 Å². The third-order valence-electron chi connectivity index (χ3n) is 7.47. The SMILES string of the molecule is COC1C=C2C(C)=CC3C(CCC4C3CC[C@@H]4C(C)=O)C2CC1. The summed E-state index contributed by atoms with van der Waals surface area (Å²) in [5, 5.41) is 0. The summed E-state index contributed by atoms with van der Waals surface area (Å²) < 4.78 is 5.59. The van der Waals surface area contributed by atoms with Crippen molar-refractivity contribution in [2.24, 2.45) is 35.5 Å². The van der Waals surface area contributed by atoms with Crippen molar-refractivity contribution in [1.29, 1.82) is 0 Å². The van der Waals surface area contributed by atoms with Crippen molar-refractivity contribution < 1.29 is 9.53 Å². The molecular formula is C21H30O2. The molecule has 0 bridgehead atoms. The van der Waals surface area contributed by atoms with Gasteiger partial charge in [0.05, 0.1) is 6.10 Å². The highest BCUT2D eigenvalue weighted by Crippen LogP contribution is 2.57. The lowest BCUT2D eigenvalue weighted by molar-refractivity contribution is -0.122. The van der Waals surface area contributed by atoms with E-state index in [0.717, 1.165) is 30.1 Å². The molecule has 4 aliphatic rings. The number of hydrogen-bond acceptors (Lipinski definition) is 2. The number of fused-ring (bicyclic) bond motifs is 5. The zero-order valence-corrected chi connectivity index (χ0v) is 14.8. The molecule has 0 heterocycles. The Morgan fingerprint density at radius 2 is 1.74 bits per heavy atom. The summed E-state index contributed by atoms with van der Waals surface area (Å²) in [7, 11) is 1.83. The molecule has 2 heteroatoms. The van der Waals surface area contributed by atoms with Gasteiger partial charge in [0.25, 0.3) is 0 Å². The predicted octanol–water partition coefficient (Wildman–Crippen LogP) is 4.56. The second-order valence-corrected chi connectivity index (χ2v) is 8.37. The van der Waals surface area contributed by atoms with Crippen LogP contribution >= 0.6 is 0 Å². The summed E-state index contributed by atoms with van der Waals surface area (Å²) in [6.45, 7) is 4.11. The highest BCUT2D eigenvalue weighted by atomic mass is 16.5. The van der Waals surface area contributed by atoms with Crippen molar-refractivity contribution in [3.05, 3.63) is 23.3 Å². The minimum Gasteiger partial charge on any atom is -0.377 e. The fourth-order valence-corrected chi connectivity index (χ4v) is 6.45. The molecule has 0 aromatic rings. The lowest BCUT2D eigenvalue weighted by Gasteiger charge is -2.48. The number of Topliss-reactive ketones (excluding diaryl/α,β-unsaturated/α-hetero) is 1. The summed E-state index contributed by atoms with van der Waals surface area (Å²) in [5.74, 6) is 4.50. The van der Waals surface area contributed by atoms with E-state index in [2.05, 4.69) is 19.1 Å². The quantitative estimate of drug-likeness (QED) is 0.747. The van der Waals surface area contributed by atoms with Gasteiger partial charge in [-0.05, 0) is 87.5 Å². The maximum Gasteiger partial charge on any atom is 0.133 e. The minimum absolute atomic E-state index is 0.311. The van der Waals surface area contributed by atoms with E-state index in [1.807, 2.05) is 14.0 Å². The molecule has 126 valence electrons. The molecule has 0 aromatic heterocycles. The first-order valence-corrected chi connectivity index (χ1v) is 9.54. The van der Waals surface area contributed by atoms with Crippen molar-refractivity contribution in [1.82, 2.24) is 0 Å². The monoisotopic (exact) mass is 314 g/mol. The molecule has 0 aromatic carbocycles. The van der Waals surface area contributed by atoms with Crippen LogP contribution in [0.3, 0.4) is 0 Å². The zero-order chi connectivity index (χ0) is 16.1. The lowest BCUT2D eigenvalue weighted by Crippen LogP contribution is -2.41. The number of carbonyl (C=O) groups excluding carboxylic acids is 1. The normalized spacial score (nSPS) is 45.4. The van der Waals surface area contributed by atoms with Crippen LogP contribution in [0.15, 0.2) is 23.3 Å². The molecular weight excluding hydrogens is 284 g/mol. The minimum atomic E-state index is 0.311. The number of ketones is 1. The Balaban J connectivity index is 1.64. The number of allylic oxidation sites excluding steroid dienone is 3. The van der Waals surface area contributed by atoms with Gasteiger partial charge in [0, 0.05) is 13.0 Å². The molecule has 0 N–H and O–H groups in total. The molecule has 4 rings (SSSR count). The fourth-order valence-electron chi connectivity index (χ4n) is 6.45. The lowest BCUT2D eigenvalue weighted by atomic mass is 9.56. The van der Waals surface area contributed by atoms with Crippen molar-refractivity contribution >= 4 is 5.78 Å². The third-order valence-corrected chi connectivity index (χ3v) is 7.47. The van der Waals surface area contributed by atoms with Gasteiger partial charge in [-0.2, -0.15) is 0 Å². The average Bonchev–Trinajstić information content (AvgIpc) is 2.99. The predicted molar refractivity (Wildman–Crippen MR) is 92.0 cm³/mol. The molecule has 0 radical (unpaired) electrons. The number of rotatable bonds is 2. The second kappa shape index (κ2) is 5.88. The van der Waals surface area contributed by atoms with Gasteiger partial charge in [-0.15, -0.1) is 0 Å². The van der Waals surface area contributed by atoms with E-state index in [1.54, 1.807) is 5.57 Å². The second-order valence-electron chi connectivity index (χ2n) is 8.37. The zero-order valence-electron chi connectivity index (χ0n) is 14.8. The standard InChI is InChI=1S/C21H30O2/c1-12-10-21-18-7-6-15(13(2)22)16(18)8-9-19(21)17-5-4-14(23-3)11-20(12)17/h10-11,14-19,21H,4-9H2,1-3H3/t14?,15-,16?,17?,18?,19?,21?/m1/s1. The Morgan fingerprint density at radius 3 is 2.48 bits per heavy atom. The van der Waals surface area contributed by atoms with E-state index in [1.165, 1.54) is 37.7 Å². The highest BCUT2D eigenvalue weighted by molar-refractivity contribution is 5.79.